The summed E-state index contributed by atoms with van der Waals surface area (Å²) >= 11 is 12.6. The topological polar surface area (TPSA) is 62.7 Å². The molecule has 1 aromatic carbocycles. The first kappa shape index (κ1) is 15.0. The van der Waals surface area contributed by atoms with E-state index in [-0.39, 0.29) is 12.5 Å². The van der Waals surface area contributed by atoms with Crippen LogP contribution in [-0.2, 0) is 11.3 Å². The van der Waals surface area contributed by atoms with Gasteiger partial charge in [-0.25, -0.2) is 0 Å². The SMILES string of the molecule is O=C(Cn1c(-c2cccs2)n[nH]c1=S)Nc1ccc(Cl)cc1. The molecular formula is C14H11ClN4OS2. The molecule has 22 heavy (non-hydrogen) atoms. The number of rotatable bonds is 4. The number of aromatic amines is 1. The summed E-state index contributed by atoms with van der Waals surface area (Å²) in [7, 11) is 0. The van der Waals surface area contributed by atoms with E-state index in [9.17, 15) is 4.79 Å². The smallest absolute Gasteiger partial charge is 0.244 e. The number of carbonyl (C=O) groups is 1. The molecule has 8 heteroatoms. The molecule has 0 saturated carbocycles. The Morgan fingerprint density at radius 3 is 2.82 bits per heavy atom. The van der Waals surface area contributed by atoms with Crippen molar-refractivity contribution in [3.05, 3.63) is 51.6 Å². The summed E-state index contributed by atoms with van der Waals surface area (Å²) in [6, 6.07) is 10.8. The molecule has 0 bridgehead atoms. The van der Waals surface area contributed by atoms with Gasteiger partial charge in [-0.2, -0.15) is 5.10 Å². The van der Waals surface area contributed by atoms with Crippen LogP contribution >= 0.6 is 35.2 Å². The van der Waals surface area contributed by atoms with E-state index in [1.165, 1.54) is 0 Å². The zero-order valence-corrected chi connectivity index (χ0v) is 13.6. The molecule has 0 aliphatic carbocycles. The van der Waals surface area contributed by atoms with Crippen LogP contribution in [0.2, 0.25) is 5.02 Å². The van der Waals surface area contributed by atoms with Gasteiger partial charge in [0.05, 0.1) is 4.88 Å². The normalized spacial score (nSPS) is 10.6. The summed E-state index contributed by atoms with van der Waals surface area (Å²) in [5, 5.41) is 12.3. The summed E-state index contributed by atoms with van der Waals surface area (Å²) in [4.78, 5) is 13.1. The van der Waals surface area contributed by atoms with E-state index in [1.807, 2.05) is 17.5 Å². The maximum absolute atomic E-state index is 12.2. The third-order valence-electron chi connectivity index (χ3n) is 2.93. The van der Waals surface area contributed by atoms with Crippen LogP contribution in [0.3, 0.4) is 0 Å². The van der Waals surface area contributed by atoms with Crippen LogP contribution in [-0.4, -0.2) is 20.7 Å². The van der Waals surface area contributed by atoms with Gasteiger partial charge in [-0.05, 0) is 47.9 Å². The fourth-order valence-electron chi connectivity index (χ4n) is 1.94. The molecule has 112 valence electrons. The number of aromatic nitrogens is 3. The number of anilines is 1. The minimum Gasteiger partial charge on any atom is -0.325 e. The molecule has 2 N–H and O–H groups in total. The molecule has 2 aromatic heterocycles. The van der Waals surface area contributed by atoms with Crippen molar-refractivity contribution in [1.29, 1.82) is 0 Å². The number of thiophene rings is 1. The van der Waals surface area contributed by atoms with Crippen LogP contribution in [0.15, 0.2) is 41.8 Å². The number of halogens is 1. The highest BCUT2D eigenvalue weighted by atomic mass is 35.5. The lowest BCUT2D eigenvalue weighted by atomic mass is 10.3. The lowest BCUT2D eigenvalue weighted by Crippen LogP contribution is -2.19. The summed E-state index contributed by atoms with van der Waals surface area (Å²) in [5.41, 5.74) is 0.682. The highest BCUT2D eigenvalue weighted by Crippen LogP contribution is 2.22. The number of H-pyrrole nitrogens is 1. The van der Waals surface area contributed by atoms with Gasteiger partial charge in [0.1, 0.15) is 6.54 Å². The number of nitrogens with one attached hydrogen (secondary N) is 2. The van der Waals surface area contributed by atoms with Gasteiger partial charge in [0.15, 0.2) is 10.6 Å². The Hall–Kier alpha value is -1.96. The van der Waals surface area contributed by atoms with Crippen molar-refractivity contribution in [1.82, 2.24) is 14.8 Å². The standard InChI is InChI=1S/C14H11ClN4OS2/c15-9-3-5-10(6-4-9)16-12(20)8-19-13(17-18-14(19)21)11-2-1-7-22-11/h1-7H,8H2,(H,16,20)(H,18,21). The molecule has 0 radical (unpaired) electrons. The Bertz CT molecular complexity index is 837. The first-order chi connectivity index (χ1) is 10.6. The lowest BCUT2D eigenvalue weighted by Gasteiger charge is -2.07. The predicted molar refractivity (Wildman–Crippen MR) is 90.8 cm³/mol. The second kappa shape index (κ2) is 6.43. The van der Waals surface area contributed by atoms with Crippen LogP contribution < -0.4 is 5.32 Å². The highest BCUT2D eigenvalue weighted by Gasteiger charge is 2.13. The molecule has 0 aliphatic rings. The molecule has 0 atom stereocenters. The number of nitrogens with zero attached hydrogens (tertiary/aromatic N) is 2. The first-order valence-electron chi connectivity index (χ1n) is 6.38. The summed E-state index contributed by atoms with van der Waals surface area (Å²) < 4.78 is 2.08. The summed E-state index contributed by atoms with van der Waals surface area (Å²) in [6.45, 7) is 0.0885. The zero-order chi connectivity index (χ0) is 15.5. The lowest BCUT2D eigenvalue weighted by molar-refractivity contribution is -0.116. The van der Waals surface area contributed by atoms with Gasteiger partial charge in [0, 0.05) is 10.7 Å². The minimum absolute atomic E-state index is 0.0885. The third kappa shape index (κ3) is 3.27. The molecule has 0 aliphatic heterocycles. The average molecular weight is 351 g/mol. The van der Waals surface area contributed by atoms with E-state index in [0.717, 1.165) is 4.88 Å². The fraction of sp³-hybridized carbons (Fsp3) is 0.0714. The van der Waals surface area contributed by atoms with Gasteiger partial charge < -0.3 is 5.32 Å². The summed E-state index contributed by atoms with van der Waals surface area (Å²) in [6.07, 6.45) is 0. The summed E-state index contributed by atoms with van der Waals surface area (Å²) in [5.74, 6) is 0.476. The number of hydrogen-bond donors (Lipinski definition) is 2. The first-order valence-corrected chi connectivity index (χ1v) is 8.04. The molecule has 3 rings (SSSR count). The van der Waals surface area contributed by atoms with Gasteiger partial charge in [0.25, 0.3) is 0 Å². The Balaban J connectivity index is 1.78. The van der Waals surface area contributed by atoms with Crippen LogP contribution in [0.25, 0.3) is 10.7 Å². The Morgan fingerprint density at radius 1 is 1.36 bits per heavy atom. The molecule has 0 unspecified atom stereocenters. The van der Waals surface area contributed by atoms with E-state index in [2.05, 4.69) is 15.5 Å². The molecule has 1 amide bonds. The van der Waals surface area contributed by atoms with Crippen molar-refractivity contribution in [2.24, 2.45) is 0 Å². The molecule has 0 spiro atoms. The van der Waals surface area contributed by atoms with Gasteiger partial charge in [0.2, 0.25) is 5.91 Å². The number of amides is 1. The molecule has 2 heterocycles. The van der Waals surface area contributed by atoms with Crippen LogP contribution in [0.4, 0.5) is 5.69 Å². The van der Waals surface area contributed by atoms with Crippen LogP contribution in [0.1, 0.15) is 0 Å². The molecule has 0 saturated heterocycles. The predicted octanol–water partition coefficient (Wildman–Crippen LogP) is 3.96. The second-order valence-corrected chi connectivity index (χ2v) is 6.24. The van der Waals surface area contributed by atoms with E-state index < -0.39 is 0 Å². The van der Waals surface area contributed by atoms with Crippen LogP contribution in [0, 0.1) is 4.77 Å². The van der Waals surface area contributed by atoms with E-state index in [0.29, 0.717) is 21.3 Å². The zero-order valence-electron chi connectivity index (χ0n) is 11.2. The monoisotopic (exact) mass is 350 g/mol. The highest BCUT2D eigenvalue weighted by molar-refractivity contribution is 7.71. The van der Waals surface area contributed by atoms with E-state index >= 15 is 0 Å². The van der Waals surface area contributed by atoms with Crippen molar-refractivity contribution in [3.8, 4) is 10.7 Å². The number of hydrogen-bond acceptors (Lipinski definition) is 4. The van der Waals surface area contributed by atoms with Crippen LogP contribution in [0.5, 0.6) is 0 Å². The molecule has 5 nitrogen and oxygen atoms in total. The second-order valence-electron chi connectivity index (χ2n) is 4.47. The van der Waals surface area contributed by atoms with E-state index in [1.54, 1.807) is 40.2 Å². The molecular weight excluding hydrogens is 340 g/mol. The Morgan fingerprint density at radius 2 is 2.14 bits per heavy atom. The third-order valence-corrected chi connectivity index (χ3v) is 4.36. The number of benzene rings is 1. The van der Waals surface area contributed by atoms with E-state index in [4.69, 9.17) is 23.8 Å². The van der Waals surface area contributed by atoms with Crippen molar-refractivity contribution in [2.75, 3.05) is 5.32 Å². The largest absolute Gasteiger partial charge is 0.325 e. The average Bonchev–Trinajstić information content (AvgIpc) is 3.12. The van der Waals surface area contributed by atoms with Crippen molar-refractivity contribution in [2.45, 2.75) is 6.54 Å². The van der Waals surface area contributed by atoms with Gasteiger partial charge in [-0.1, -0.05) is 17.7 Å². The maximum atomic E-state index is 12.2. The maximum Gasteiger partial charge on any atom is 0.244 e. The van der Waals surface area contributed by atoms with Gasteiger partial charge in [-0.15, -0.1) is 11.3 Å². The van der Waals surface area contributed by atoms with Crippen molar-refractivity contribution < 1.29 is 4.79 Å². The molecule has 3 aromatic rings. The van der Waals surface area contributed by atoms with Gasteiger partial charge >= 0.3 is 0 Å². The molecule has 0 fully saturated rings. The minimum atomic E-state index is -0.183. The quantitative estimate of drug-likeness (QED) is 0.700. The Labute approximate surface area is 140 Å². The van der Waals surface area contributed by atoms with Crippen molar-refractivity contribution >= 4 is 46.8 Å². The van der Waals surface area contributed by atoms with Crippen molar-refractivity contribution in [3.63, 3.8) is 0 Å². The fourth-order valence-corrected chi connectivity index (χ4v) is 2.98. The Kier molecular flexibility index (Phi) is 4.37. The number of carbonyl (C=O) groups excluding carboxylic acids is 1. The van der Waals surface area contributed by atoms with Gasteiger partial charge in [-0.3, -0.25) is 14.5 Å².